The first kappa shape index (κ1) is 24.9. The van der Waals surface area contributed by atoms with Crippen LogP contribution in [0.25, 0.3) is 0 Å². The molecule has 0 amide bonds. The maximum atomic E-state index is 10.6. The third kappa shape index (κ3) is 5.25. The molecule has 1 fully saturated rings. The molecule has 2 atom stereocenters. The van der Waals surface area contributed by atoms with E-state index in [1.54, 1.807) is 19.8 Å². The lowest BCUT2D eigenvalue weighted by atomic mass is 9.57. The van der Waals surface area contributed by atoms with Gasteiger partial charge in [0.1, 0.15) is 11.5 Å². The molecule has 0 aliphatic heterocycles. The van der Waals surface area contributed by atoms with Crippen LogP contribution in [0.5, 0.6) is 11.5 Å². The van der Waals surface area contributed by atoms with Crippen molar-refractivity contribution in [3.05, 3.63) is 46.1 Å². The van der Waals surface area contributed by atoms with Crippen molar-refractivity contribution in [1.29, 1.82) is 0 Å². The Bertz CT molecular complexity index is 902. The topological polar surface area (TPSA) is 38.7 Å². The van der Waals surface area contributed by atoms with Crippen molar-refractivity contribution < 1.29 is 14.6 Å². The van der Waals surface area contributed by atoms with Crippen molar-refractivity contribution in [1.82, 2.24) is 0 Å². The summed E-state index contributed by atoms with van der Waals surface area (Å²) in [7, 11) is 3.45. The lowest BCUT2D eigenvalue weighted by molar-refractivity contribution is 0.0608. The van der Waals surface area contributed by atoms with Crippen LogP contribution in [0, 0.1) is 17.8 Å². The van der Waals surface area contributed by atoms with Crippen LogP contribution in [0.15, 0.2) is 34.9 Å². The van der Waals surface area contributed by atoms with Crippen LogP contribution >= 0.6 is 0 Å². The minimum absolute atomic E-state index is 0.375. The number of ether oxygens (including phenoxy) is 2. The molecule has 1 N–H and O–H groups in total. The zero-order valence-electron chi connectivity index (χ0n) is 21.7. The highest BCUT2D eigenvalue weighted by Crippen LogP contribution is 2.62. The molecule has 3 nitrogen and oxygen atoms in total. The Morgan fingerprint density at radius 2 is 1.69 bits per heavy atom. The highest BCUT2D eigenvalue weighted by atomic mass is 16.5. The van der Waals surface area contributed by atoms with Crippen LogP contribution in [0.3, 0.4) is 0 Å². The van der Waals surface area contributed by atoms with Crippen LogP contribution in [0.1, 0.15) is 90.7 Å². The number of rotatable bonds is 8. The van der Waals surface area contributed by atoms with Gasteiger partial charge in [0.15, 0.2) is 0 Å². The minimum atomic E-state index is -0.660. The smallest absolute Gasteiger partial charge is 0.125 e. The fraction of sp³-hybridized carbons (Fsp3) is 0.655. The third-order valence-corrected chi connectivity index (χ3v) is 8.19. The molecule has 2 aliphatic rings. The summed E-state index contributed by atoms with van der Waals surface area (Å²) in [5.74, 6) is 1.82. The number of methoxy groups -OCH3 is 2. The van der Waals surface area contributed by atoms with Crippen LogP contribution < -0.4 is 9.47 Å². The molecule has 1 saturated carbocycles. The molecule has 1 aromatic carbocycles. The van der Waals surface area contributed by atoms with Crippen LogP contribution in [0.2, 0.25) is 0 Å². The maximum absolute atomic E-state index is 10.6. The molecule has 1 aromatic rings. The zero-order chi connectivity index (χ0) is 23.7. The van der Waals surface area contributed by atoms with Crippen LogP contribution in [-0.4, -0.2) is 24.9 Å². The molecular formula is C29H44O3. The fourth-order valence-corrected chi connectivity index (χ4v) is 6.23. The Kier molecular flexibility index (Phi) is 7.20. The van der Waals surface area contributed by atoms with E-state index in [0.717, 1.165) is 48.3 Å². The number of hydrogen-bond donors (Lipinski definition) is 1. The molecule has 0 heterocycles. The van der Waals surface area contributed by atoms with Crippen LogP contribution in [0.4, 0.5) is 0 Å². The highest BCUT2D eigenvalue weighted by molar-refractivity contribution is 5.47. The number of aryl methyl sites for hydroxylation is 1. The first-order chi connectivity index (χ1) is 14.9. The zero-order valence-corrected chi connectivity index (χ0v) is 21.7. The molecule has 3 rings (SSSR count). The van der Waals surface area contributed by atoms with Gasteiger partial charge in [0, 0.05) is 5.56 Å². The SMILES string of the molecule is COc1cc(C)c(OC)c(C/C=C(\C)CC2=C(CC(C)(C)O)C[C@]3(C)CCC[C@]3(C)C2)c1. The van der Waals surface area contributed by atoms with Gasteiger partial charge < -0.3 is 14.6 Å². The van der Waals surface area contributed by atoms with E-state index in [-0.39, 0.29) is 0 Å². The minimum Gasteiger partial charge on any atom is -0.497 e. The Hall–Kier alpha value is -1.74. The molecule has 2 aliphatic carbocycles. The van der Waals surface area contributed by atoms with E-state index in [9.17, 15) is 5.11 Å². The van der Waals surface area contributed by atoms with Gasteiger partial charge in [-0.15, -0.1) is 0 Å². The van der Waals surface area contributed by atoms with E-state index in [0.29, 0.717) is 10.8 Å². The van der Waals surface area contributed by atoms with Gasteiger partial charge in [-0.3, -0.25) is 0 Å². The van der Waals surface area contributed by atoms with Crippen molar-refractivity contribution in [2.24, 2.45) is 10.8 Å². The summed E-state index contributed by atoms with van der Waals surface area (Å²) in [5, 5.41) is 10.6. The van der Waals surface area contributed by atoms with E-state index in [4.69, 9.17) is 9.47 Å². The standard InChI is InChI=1S/C29H44O3/c1-20(10-11-22-16-25(31-7)15-21(2)26(22)32-8)14-23-18-28(5)12-9-13-29(28,6)19-24(23)17-27(3,4)30/h10,15-16,30H,9,11-14,17-19H2,1-8H3/b20-10+/t28-,29+/m1/s1. The van der Waals surface area contributed by atoms with E-state index >= 15 is 0 Å². The average molecular weight is 441 g/mol. The normalized spacial score (nSPS) is 26.3. The van der Waals surface area contributed by atoms with Gasteiger partial charge in [0.05, 0.1) is 19.8 Å². The Morgan fingerprint density at radius 1 is 1.06 bits per heavy atom. The Labute approximate surface area is 195 Å². The van der Waals surface area contributed by atoms with Crippen molar-refractivity contribution in [2.75, 3.05) is 14.2 Å². The summed E-state index contributed by atoms with van der Waals surface area (Å²) in [4.78, 5) is 0. The lowest BCUT2D eigenvalue weighted by Crippen LogP contribution is -2.38. The monoisotopic (exact) mass is 440 g/mol. The van der Waals surface area contributed by atoms with Crippen molar-refractivity contribution >= 4 is 0 Å². The van der Waals surface area contributed by atoms with Gasteiger partial charge in [-0.1, -0.05) is 43.1 Å². The summed E-state index contributed by atoms with van der Waals surface area (Å²) < 4.78 is 11.2. The second-order valence-electron chi connectivity index (χ2n) is 11.6. The van der Waals surface area contributed by atoms with Gasteiger partial charge in [0.25, 0.3) is 0 Å². The molecule has 3 heteroatoms. The number of aliphatic hydroxyl groups is 1. The van der Waals surface area contributed by atoms with Gasteiger partial charge in [-0.25, -0.2) is 0 Å². The number of hydrogen-bond acceptors (Lipinski definition) is 3. The summed E-state index contributed by atoms with van der Waals surface area (Å²) in [5.41, 5.74) is 6.82. The van der Waals surface area contributed by atoms with Crippen molar-refractivity contribution in [3.8, 4) is 11.5 Å². The lowest BCUT2D eigenvalue weighted by Gasteiger charge is -2.48. The Balaban J connectivity index is 1.86. The molecule has 0 saturated heterocycles. The average Bonchev–Trinajstić information content (AvgIpc) is 2.98. The number of allylic oxidation sites excluding steroid dienone is 3. The van der Waals surface area contributed by atoms with Crippen molar-refractivity contribution in [2.45, 2.75) is 98.5 Å². The second kappa shape index (κ2) is 9.25. The van der Waals surface area contributed by atoms with E-state index < -0.39 is 5.60 Å². The van der Waals surface area contributed by atoms with E-state index in [1.165, 1.54) is 36.8 Å². The first-order valence-electron chi connectivity index (χ1n) is 12.2. The molecule has 0 radical (unpaired) electrons. The molecule has 0 bridgehead atoms. The largest absolute Gasteiger partial charge is 0.497 e. The molecular weight excluding hydrogens is 396 g/mol. The number of benzene rings is 1. The maximum Gasteiger partial charge on any atom is 0.125 e. The second-order valence-corrected chi connectivity index (χ2v) is 11.6. The molecule has 32 heavy (non-hydrogen) atoms. The predicted molar refractivity (Wildman–Crippen MR) is 134 cm³/mol. The molecule has 178 valence electrons. The number of fused-ring (bicyclic) bond motifs is 1. The summed E-state index contributed by atoms with van der Waals surface area (Å²) in [6, 6.07) is 4.11. The summed E-state index contributed by atoms with van der Waals surface area (Å²) in [6.45, 7) is 13.2. The highest BCUT2D eigenvalue weighted by Gasteiger charge is 2.51. The van der Waals surface area contributed by atoms with Crippen molar-refractivity contribution in [3.63, 3.8) is 0 Å². The quantitative estimate of drug-likeness (QED) is 0.430. The summed E-state index contributed by atoms with van der Waals surface area (Å²) >= 11 is 0. The van der Waals surface area contributed by atoms with Gasteiger partial charge in [0.2, 0.25) is 0 Å². The molecule has 0 unspecified atom stereocenters. The molecule has 0 spiro atoms. The van der Waals surface area contributed by atoms with E-state index in [2.05, 4.69) is 39.8 Å². The molecule has 0 aromatic heterocycles. The fourth-order valence-electron chi connectivity index (χ4n) is 6.23. The predicted octanol–water partition coefficient (Wildman–Crippen LogP) is 7.34. The van der Waals surface area contributed by atoms with Gasteiger partial charge in [-0.2, -0.15) is 0 Å². The first-order valence-corrected chi connectivity index (χ1v) is 12.2. The Morgan fingerprint density at radius 3 is 2.25 bits per heavy atom. The van der Waals surface area contributed by atoms with E-state index in [1.807, 2.05) is 19.9 Å². The van der Waals surface area contributed by atoms with Gasteiger partial charge >= 0.3 is 0 Å². The third-order valence-electron chi connectivity index (χ3n) is 8.19. The summed E-state index contributed by atoms with van der Waals surface area (Å²) in [6.07, 6.45) is 11.2. The van der Waals surface area contributed by atoms with Crippen LogP contribution in [-0.2, 0) is 6.42 Å². The van der Waals surface area contributed by atoms with Gasteiger partial charge in [-0.05, 0) is 101 Å².